The van der Waals surface area contributed by atoms with Crippen LogP contribution in [0.15, 0.2) is 34.8 Å². The fraction of sp³-hybridized carbons (Fsp3) is 0.0769. The van der Waals surface area contributed by atoms with Gasteiger partial charge in [0, 0.05) is 21.0 Å². The maximum atomic E-state index is 11.8. The molecule has 0 unspecified atom stereocenters. The molecule has 0 fully saturated rings. The molecule has 1 aliphatic rings. The Bertz CT molecular complexity index is 623. The highest BCUT2D eigenvalue weighted by Gasteiger charge is 2.25. The smallest absolute Gasteiger partial charge is 0.171 e. The number of rotatable bonds is 0. The summed E-state index contributed by atoms with van der Waals surface area (Å²) in [6.07, 6.45) is -0.00620. The molecular formula is C13H7BrO2. The summed E-state index contributed by atoms with van der Waals surface area (Å²) in [6.45, 7) is 0. The van der Waals surface area contributed by atoms with Gasteiger partial charge in [0.05, 0.1) is 6.42 Å². The highest BCUT2D eigenvalue weighted by atomic mass is 79.9. The van der Waals surface area contributed by atoms with Crippen LogP contribution in [-0.4, -0.2) is 11.6 Å². The van der Waals surface area contributed by atoms with Crippen LogP contribution >= 0.6 is 15.9 Å². The lowest BCUT2D eigenvalue weighted by atomic mass is 9.87. The molecule has 16 heavy (non-hydrogen) atoms. The highest BCUT2D eigenvalue weighted by molar-refractivity contribution is 9.10. The van der Waals surface area contributed by atoms with Crippen molar-refractivity contribution in [1.29, 1.82) is 0 Å². The maximum Gasteiger partial charge on any atom is 0.171 e. The predicted molar refractivity (Wildman–Crippen MR) is 64.9 cm³/mol. The lowest BCUT2D eigenvalue weighted by Gasteiger charge is -2.15. The fourth-order valence-electron chi connectivity index (χ4n) is 2.17. The van der Waals surface area contributed by atoms with Gasteiger partial charge in [0.1, 0.15) is 0 Å². The van der Waals surface area contributed by atoms with Crippen LogP contribution in [-0.2, 0) is 0 Å². The van der Waals surface area contributed by atoms with Gasteiger partial charge >= 0.3 is 0 Å². The van der Waals surface area contributed by atoms with Crippen LogP contribution in [0.3, 0.4) is 0 Å². The Kier molecular flexibility index (Phi) is 1.98. The van der Waals surface area contributed by atoms with Crippen LogP contribution < -0.4 is 0 Å². The Labute approximate surface area is 100 Å². The highest BCUT2D eigenvalue weighted by Crippen LogP contribution is 2.33. The summed E-state index contributed by atoms with van der Waals surface area (Å²) >= 11 is 3.44. The first-order valence-corrected chi connectivity index (χ1v) is 5.75. The number of benzene rings is 2. The number of ketones is 2. The molecule has 0 spiro atoms. The van der Waals surface area contributed by atoms with Gasteiger partial charge in [-0.15, -0.1) is 0 Å². The van der Waals surface area contributed by atoms with Gasteiger partial charge in [-0.05, 0) is 17.5 Å². The summed E-state index contributed by atoms with van der Waals surface area (Å²) in [7, 11) is 0. The molecule has 0 heterocycles. The lowest BCUT2D eigenvalue weighted by Crippen LogP contribution is -2.16. The van der Waals surface area contributed by atoms with Crippen molar-refractivity contribution in [2.75, 3.05) is 0 Å². The number of hydrogen-bond donors (Lipinski definition) is 0. The van der Waals surface area contributed by atoms with E-state index in [1.807, 2.05) is 18.2 Å². The standard InChI is InChI=1S/C13H7BrO2/c14-10-5-4-9-12(16)6-11(15)8-3-1-2-7(10)13(8)9/h1-5H,6H2. The largest absolute Gasteiger partial charge is 0.294 e. The molecule has 1 aliphatic carbocycles. The van der Waals surface area contributed by atoms with E-state index in [-0.39, 0.29) is 18.0 Å². The third-order valence-corrected chi connectivity index (χ3v) is 3.60. The molecule has 2 aromatic rings. The van der Waals surface area contributed by atoms with Crippen molar-refractivity contribution >= 4 is 38.3 Å². The second kappa shape index (κ2) is 3.25. The fourth-order valence-corrected chi connectivity index (χ4v) is 2.63. The van der Waals surface area contributed by atoms with Gasteiger partial charge in [-0.2, -0.15) is 0 Å². The molecule has 2 nitrogen and oxygen atoms in total. The normalized spacial score (nSPS) is 14.6. The van der Waals surface area contributed by atoms with E-state index in [0.717, 1.165) is 15.2 Å². The number of hydrogen-bond acceptors (Lipinski definition) is 2. The monoisotopic (exact) mass is 274 g/mol. The van der Waals surface area contributed by atoms with Crippen LogP contribution in [0, 0.1) is 0 Å². The molecule has 3 heteroatoms. The van der Waals surface area contributed by atoms with E-state index in [0.29, 0.717) is 11.1 Å². The Balaban J connectivity index is 2.57. The number of carbonyl (C=O) groups is 2. The van der Waals surface area contributed by atoms with E-state index in [1.54, 1.807) is 12.1 Å². The average molecular weight is 275 g/mol. The molecule has 0 N–H and O–H groups in total. The van der Waals surface area contributed by atoms with Gasteiger partial charge in [-0.25, -0.2) is 0 Å². The molecule has 0 saturated heterocycles. The van der Waals surface area contributed by atoms with Gasteiger partial charge in [0.2, 0.25) is 0 Å². The van der Waals surface area contributed by atoms with E-state index >= 15 is 0 Å². The molecule has 0 bridgehead atoms. The Morgan fingerprint density at radius 2 is 1.62 bits per heavy atom. The van der Waals surface area contributed by atoms with Gasteiger partial charge < -0.3 is 0 Å². The van der Waals surface area contributed by atoms with Crippen molar-refractivity contribution < 1.29 is 9.59 Å². The van der Waals surface area contributed by atoms with Crippen molar-refractivity contribution in [2.45, 2.75) is 6.42 Å². The molecule has 0 aliphatic heterocycles. The Morgan fingerprint density at radius 1 is 0.938 bits per heavy atom. The molecule has 78 valence electrons. The van der Waals surface area contributed by atoms with E-state index in [2.05, 4.69) is 15.9 Å². The first-order valence-electron chi connectivity index (χ1n) is 4.96. The van der Waals surface area contributed by atoms with Gasteiger partial charge in [-0.3, -0.25) is 9.59 Å². The van der Waals surface area contributed by atoms with Crippen LogP contribution in [0.25, 0.3) is 10.8 Å². The third kappa shape index (κ3) is 1.18. The predicted octanol–water partition coefficient (Wildman–Crippen LogP) is 3.37. The van der Waals surface area contributed by atoms with E-state index in [9.17, 15) is 9.59 Å². The van der Waals surface area contributed by atoms with Gasteiger partial charge in [-0.1, -0.05) is 34.1 Å². The molecule has 3 rings (SSSR count). The van der Waals surface area contributed by atoms with Crippen LogP contribution in [0.1, 0.15) is 27.1 Å². The molecule has 0 saturated carbocycles. The van der Waals surface area contributed by atoms with E-state index < -0.39 is 0 Å². The topological polar surface area (TPSA) is 34.1 Å². The minimum Gasteiger partial charge on any atom is -0.294 e. The van der Waals surface area contributed by atoms with E-state index in [1.165, 1.54) is 0 Å². The molecular weight excluding hydrogens is 268 g/mol. The zero-order chi connectivity index (χ0) is 11.3. The summed E-state index contributed by atoms with van der Waals surface area (Å²) in [4.78, 5) is 23.5. The second-order valence-corrected chi connectivity index (χ2v) is 4.70. The molecule has 0 amide bonds. The molecule has 2 aromatic carbocycles. The third-order valence-electron chi connectivity index (χ3n) is 2.91. The minimum absolute atomic E-state index is 0.00620. The van der Waals surface area contributed by atoms with Crippen molar-refractivity contribution in [3.05, 3.63) is 45.9 Å². The molecule has 0 atom stereocenters. The number of carbonyl (C=O) groups excluding carboxylic acids is 2. The van der Waals surface area contributed by atoms with Crippen molar-refractivity contribution in [1.82, 2.24) is 0 Å². The SMILES string of the molecule is O=C1CC(=O)c2ccc(Br)c3cccc1c23. The van der Waals surface area contributed by atoms with Crippen molar-refractivity contribution in [3.63, 3.8) is 0 Å². The Hall–Kier alpha value is -1.48. The number of Topliss-reactive ketones (excluding diaryl/α,β-unsaturated/α-hetero) is 2. The van der Waals surface area contributed by atoms with Crippen LogP contribution in [0.2, 0.25) is 0 Å². The van der Waals surface area contributed by atoms with Gasteiger partial charge in [0.15, 0.2) is 11.6 Å². The summed E-state index contributed by atoms with van der Waals surface area (Å²) < 4.78 is 0.913. The zero-order valence-electron chi connectivity index (χ0n) is 8.29. The summed E-state index contributed by atoms with van der Waals surface area (Å²) in [5.41, 5.74) is 1.32. The van der Waals surface area contributed by atoms with Gasteiger partial charge in [0.25, 0.3) is 0 Å². The van der Waals surface area contributed by atoms with E-state index in [4.69, 9.17) is 0 Å². The lowest BCUT2D eigenvalue weighted by molar-refractivity contribution is 0.0890. The first-order chi connectivity index (χ1) is 7.68. The summed E-state index contributed by atoms with van der Waals surface area (Å²) in [5.74, 6) is -0.164. The summed E-state index contributed by atoms with van der Waals surface area (Å²) in [6, 6.07) is 9.19. The maximum absolute atomic E-state index is 11.8. The minimum atomic E-state index is -0.0822. The number of halogens is 1. The van der Waals surface area contributed by atoms with Crippen LogP contribution in [0.5, 0.6) is 0 Å². The van der Waals surface area contributed by atoms with Crippen molar-refractivity contribution in [2.24, 2.45) is 0 Å². The zero-order valence-corrected chi connectivity index (χ0v) is 9.87. The second-order valence-electron chi connectivity index (χ2n) is 3.85. The van der Waals surface area contributed by atoms with Crippen LogP contribution in [0.4, 0.5) is 0 Å². The Morgan fingerprint density at radius 3 is 2.38 bits per heavy atom. The molecule has 0 aromatic heterocycles. The first kappa shape index (κ1) is 9.73. The quantitative estimate of drug-likeness (QED) is 0.691. The summed E-state index contributed by atoms with van der Waals surface area (Å²) in [5, 5.41) is 1.72. The van der Waals surface area contributed by atoms with Crippen molar-refractivity contribution in [3.8, 4) is 0 Å². The molecule has 0 radical (unpaired) electrons. The average Bonchev–Trinajstić information content (AvgIpc) is 2.27.